The van der Waals surface area contributed by atoms with Gasteiger partial charge in [-0.2, -0.15) is 0 Å². The van der Waals surface area contributed by atoms with Crippen molar-refractivity contribution in [3.05, 3.63) is 12.2 Å². The van der Waals surface area contributed by atoms with E-state index in [0.717, 1.165) is 62.8 Å². The number of carboxylic acids is 3. The topological polar surface area (TPSA) is 115 Å². The Bertz CT molecular complexity index is 579. The molecule has 7 nitrogen and oxygen atoms in total. The number of aliphatic carboxylic acids is 3. The van der Waals surface area contributed by atoms with Crippen molar-refractivity contribution in [1.29, 1.82) is 0 Å². The zero-order valence-corrected chi connectivity index (χ0v) is 24.3. The second-order valence-corrected chi connectivity index (χ2v) is 11.0. The van der Waals surface area contributed by atoms with Crippen LogP contribution in [0.15, 0.2) is 12.2 Å². The SMILES string of the molecule is CC/C=C/CCCCCCCCCCCC[N+](CCCCC(=O)[O-])(CCCCC(=O)O)CCCCC(=O)O. The predicted molar refractivity (Wildman–Crippen MR) is 152 cm³/mol. The lowest BCUT2D eigenvalue weighted by molar-refractivity contribution is -0.929. The lowest BCUT2D eigenvalue weighted by atomic mass is 10.0. The van der Waals surface area contributed by atoms with E-state index in [1.54, 1.807) is 0 Å². The maximum Gasteiger partial charge on any atom is 0.303 e. The van der Waals surface area contributed by atoms with E-state index >= 15 is 0 Å². The number of quaternary nitrogens is 1. The highest BCUT2D eigenvalue weighted by Crippen LogP contribution is 2.19. The van der Waals surface area contributed by atoms with Gasteiger partial charge in [0.1, 0.15) is 0 Å². The average Bonchev–Trinajstić information content (AvgIpc) is 2.87. The van der Waals surface area contributed by atoms with Gasteiger partial charge in [-0.3, -0.25) is 9.59 Å². The maximum absolute atomic E-state index is 11.0. The molecule has 222 valence electrons. The van der Waals surface area contributed by atoms with Crippen LogP contribution >= 0.6 is 0 Å². The third kappa shape index (κ3) is 24.4. The van der Waals surface area contributed by atoms with E-state index in [-0.39, 0.29) is 19.3 Å². The molecule has 0 aliphatic carbocycles. The minimum atomic E-state index is -1.02. The summed E-state index contributed by atoms with van der Waals surface area (Å²) in [6, 6.07) is 0. The molecule has 0 fully saturated rings. The van der Waals surface area contributed by atoms with E-state index in [0.29, 0.717) is 19.3 Å². The first-order valence-corrected chi connectivity index (χ1v) is 15.4. The molecule has 38 heavy (non-hydrogen) atoms. The second-order valence-electron chi connectivity index (χ2n) is 11.0. The first-order chi connectivity index (χ1) is 18.3. The van der Waals surface area contributed by atoms with Crippen LogP contribution in [0, 0.1) is 0 Å². The van der Waals surface area contributed by atoms with Gasteiger partial charge >= 0.3 is 11.9 Å². The third-order valence-corrected chi connectivity index (χ3v) is 7.47. The Morgan fingerprint density at radius 2 is 0.921 bits per heavy atom. The smallest absolute Gasteiger partial charge is 0.303 e. The van der Waals surface area contributed by atoms with Crippen LogP contribution in [0.25, 0.3) is 0 Å². The van der Waals surface area contributed by atoms with Crippen LogP contribution < -0.4 is 5.11 Å². The highest BCUT2D eigenvalue weighted by molar-refractivity contribution is 5.66. The van der Waals surface area contributed by atoms with Crippen LogP contribution in [0.4, 0.5) is 0 Å². The number of hydrogen-bond donors (Lipinski definition) is 2. The van der Waals surface area contributed by atoms with Crippen molar-refractivity contribution in [3.63, 3.8) is 0 Å². The Kier molecular flexibility index (Phi) is 24.1. The summed E-state index contributed by atoms with van der Waals surface area (Å²) in [6.07, 6.45) is 24.3. The number of carbonyl (C=O) groups is 3. The van der Waals surface area contributed by atoms with Gasteiger partial charge in [-0.25, -0.2) is 0 Å². The number of unbranched alkanes of at least 4 members (excludes halogenated alkanes) is 13. The Labute approximate surface area is 232 Å². The molecule has 0 atom stereocenters. The molecule has 0 aliphatic heterocycles. The van der Waals surface area contributed by atoms with Crippen LogP contribution in [-0.4, -0.2) is 58.8 Å². The Morgan fingerprint density at radius 3 is 1.32 bits per heavy atom. The molecule has 7 heteroatoms. The number of carboxylic acid groups (broad SMARTS) is 3. The summed E-state index contributed by atoms with van der Waals surface area (Å²) in [5, 5.41) is 28.9. The number of carbonyl (C=O) groups excluding carboxylic acids is 1. The van der Waals surface area contributed by atoms with E-state index in [1.165, 1.54) is 64.2 Å². The van der Waals surface area contributed by atoms with Crippen LogP contribution in [0.2, 0.25) is 0 Å². The number of allylic oxidation sites excluding steroid dienone is 2. The molecule has 0 heterocycles. The van der Waals surface area contributed by atoms with Crippen molar-refractivity contribution in [3.8, 4) is 0 Å². The fraction of sp³-hybridized carbons (Fsp3) is 0.839. The fourth-order valence-electron chi connectivity index (χ4n) is 5.24. The summed E-state index contributed by atoms with van der Waals surface area (Å²) in [5.41, 5.74) is 0. The standard InChI is InChI=1S/C31H57NO6/c1-2-3-4-5-6-7-8-9-10-11-12-13-14-18-25-32(26-19-15-22-29(33)34,27-20-16-23-30(35)36)28-21-17-24-31(37)38/h3-4H,2,5-28H2,1H3,(H2-,33,34,35,36,37,38)/b4-3+. The van der Waals surface area contributed by atoms with Crippen molar-refractivity contribution in [2.24, 2.45) is 0 Å². The van der Waals surface area contributed by atoms with Crippen LogP contribution in [0.5, 0.6) is 0 Å². The molecule has 0 aromatic heterocycles. The van der Waals surface area contributed by atoms with Crippen molar-refractivity contribution in [2.45, 2.75) is 142 Å². The molecule has 0 bridgehead atoms. The number of hydrogen-bond acceptors (Lipinski definition) is 4. The highest BCUT2D eigenvalue weighted by Gasteiger charge is 2.26. The molecule has 0 aliphatic rings. The molecule has 0 saturated heterocycles. The first-order valence-electron chi connectivity index (χ1n) is 15.4. The fourth-order valence-corrected chi connectivity index (χ4v) is 5.24. The molecule has 0 saturated carbocycles. The van der Waals surface area contributed by atoms with E-state index < -0.39 is 17.9 Å². The highest BCUT2D eigenvalue weighted by atomic mass is 16.4. The third-order valence-electron chi connectivity index (χ3n) is 7.47. The summed E-state index contributed by atoms with van der Waals surface area (Å²) in [6.45, 7) is 5.78. The zero-order valence-electron chi connectivity index (χ0n) is 24.3. The summed E-state index contributed by atoms with van der Waals surface area (Å²) in [4.78, 5) is 32.8. The Hall–Kier alpha value is -1.89. The number of rotatable bonds is 29. The van der Waals surface area contributed by atoms with Gasteiger partial charge in [0, 0.05) is 18.8 Å². The summed E-state index contributed by atoms with van der Waals surface area (Å²) in [7, 11) is 0. The maximum atomic E-state index is 11.0. The van der Waals surface area contributed by atoms with Crippen LogP contribution in [-0.2, 0) is 14.4 Å². The van der Waals surface area contributed by atoms with Gasteiger partial charge in [-0.15, -0.1) is 0 Å². The predicted octanol–water partition coefficient (Wildman–Crippen LogP) is 6.49. The van der Waals surface area contributed by atoms with Gasteiger partial charge < -0.3 is 24.6 Å². The van der Waals surface area contributed by atoms with Crippen molar-refractivity contribution >= 4 is 17.9 Å². The first kappa shape index (κ1) is 36.1. The molecular formula is C31H57NO6. The minimum absolute atomic E-state index is 0.0634. The van der Waals surface area contributed by atoms with E-state index in [1.807, 2.05) is 0 Å². The Morgan fingerprint density at radius 1 is 0.553 bits per heavy atom. The van der Waals surface area contributed by atoms with Crippen LogP contribution in [0.1, 0.15) is 142 Å². The van der Waals surface area contributed by atoms with Crippen molar-refractivity contribution in [2.75, 3.05) is 26.2 Å². The monoisotopic (exact) mass is 539 g/mol. The second kappa shape index (κ2) is 25.4. The average molecular weight is 540 g/mol. The largest absolute Gasteiger partial charge is 0.550 e. The van der Waals surface area contributed by atoms with Gasteiger partial charge in [-0.05, 0) is 77.0 Å². The Balaban J connectivity index is 4.53. The van der Waals surface area contributed by atoms with Gasteiger partial charge in [0.25, 0.3) is 0 Å². The van der Waals surface area contributed by atoms with Gasteiger partial charge in [0.2, 0.25) is 0 Å². The van der Waals surface area contributed by atoms with Gasteiger partial charge in [-0.1, -0.05) is 64.0 Å². The molecule has 0 rings (SSSR count). The van der Waals surface area contributed by atoms with E-state index in [9.17, 15) is 19.5 Å². The summed E-state index contributed by atoms with van der Waals surface area (Å²) in [5.74, 6) is -2.57. The van der Waals surface area contributed by atoms with Gasteiger partial charge in [0.15, 0.2) is 0 Å². The normalized spacial score (nSPS) is 11.8. The van der Waals surface area contributed by atoms with Crippen molar-refractivity contribution < 1.29 is 34.2 Å². The minimum Gasteiger partial charge on any atom is -0.550 e. The molecule has 0 amide bonds. The van der Waals surface area contributed by atoms with E-state index in [2.05, 4.69) is 19.1 Å². The lowest BCUT2D eigenvalue weighted by Gasteiger charge is -2.39. The molecule has 0 radical (unpaired) electrons. The molecule has 0 spiro atoms. The molecular weight excluding hydrogens is 482 g/mol. The summed E-state index contributed by atoms with van der Waals surface area (Å²) >= 11 is 0. The summed E-state index contributed by atoms with van der Waals surface area (Å²) < 4.78 is 0.847. The molecule has 0 aromatic rings. The molecule has 0 unspecified atom stereocenters. The number of nitrogens with zero attached hydrogens (tertiary/aromatic N) is 1. The van der Waals surface area contributed by atoms with Crippen LogP contribution in [0.3, 0.4) is 0 Å². The quantitative estimate of drug-likeness (QED) is 0.0638. The molecule has 2 N–H and O–H groups in total. The zero-order chi connectivity index (χ0) is 28.3. The molecule has 0 aromatic carbocycles. The van der Waals surface area contributed by atoms with E-state index in [4.69, 9.17) is 10.2 Å². The van der Waals surface area contributed by atoms with Crippen molar-refractivity contribution in [1.82, 2.24) is 0 Å². The lowest BCUT2D eigenvalue weighted by Crippen LogP contribution is -2.51. The van der Waals surface area contributed by atoms with Gasteiger partial charge in [0.05, 0.1) is 26.2 Å².